The van der Waals surface area contributed by atoms with Crippen molar-refractivity contribution in [2.75, 3.05) is 12.4 Å². The summed E-state index contributed by atoms with van der Waals surface area (Å²) < 4.78 is 11.9. The minimum absolute atomic E-state index is 0.187. The Kier molecular flexibility index (Phi) is 5.92. The fourth-order valence-corrected chi connectivity index (χ4v) is 2.82. The van der Waals surface area contributed by atoms with E-state index in [9.17, 15) is 4.79 Å². The summed E-state index contributed by atoms with van der Waals surface area (Å²) in [4.78, 5) is 12.4. The van der Waals surface area contributed by atoms with E-state index in [1.807, 2.05) is 48.5 Å². The highest BCUT2D eigenvalue weighted by Crippen LogP contribution is 2.25. The third kappa shape index (κ3) is 4.43. The maximum absolute atomic E-state index is 12.4. The van der Waals surface area contributed by atoms with Crippen LogP contribution in [0.1, 0.15) is 15.9 Å². The van der Waals surface area contributed by atoms with Crippen LogP contribution in [0.5, 0.6) is 11.5 Å². The second-order valence-electron chi connectivity index (χ2n) is 5.57. The lowest BCUT2D eigenvalue weighted by Crippen LogP contribution is -2.12. The molecule has 0 aliphatic heterocycles. The van der Waals surface area contributed by atoms with Gasteiger partial charge >= 0.3 is 0 Å². The van der Waals surface area contributed by atoms with Crippen LogP contribution in [-0.4, -0.2) is 13.0 Å². The number of amides is 1. The van der Waals surface area contributed by atoms with E-state index in [2.05, 4.69) is 21.2 Å². The van der Waals surface area contributed by atoms with Crippen LogP contribution in [-0.2, 0) is 6.61 Å². The van der Waals surface area contributed by atoms with Crippen LogP contribution in [0.15, 0.2) is 77.3 Å². The van der Waals surface area contributed by atoms with Crippen molar-refractivity contribution >= 4 is 27.5 Å². The lowest BCUT2D eigenvalue weighted by atomic mass is 10.1. The molecule has 0 aliphatic carbocycles. The van der Waals surface area contributed by atoms with E-state index in [0.29, 0.717) is 23.6 Å². The van der Waals surface area contributed by atoms with Gasteiger partial charge in [0.1, 0.15) is 18.1 Å². The van der Waals surface area contributed by atoms with Gasteiger partial charge in [0.2, 0.25) is 0 Å². The Morgan fingerprint density at radius 2 is 1.58 bits per heavy atom. The number of nitrogens with one attached hydrogen (secondary N) is 1. The van der Waals surface area contributed by atoms with Gasteiger partial charge in [-0.25, -0.2) is 0 Å². The van der Waals surface area contributed by atoms with Crippen molar-refractivity contribution in [3.05, 3.63) is 88.4 Å². The standard InChI is InChI=1S/C21H18BrNO3/c1-25-20-9-5-3-7-18(20)23-21(24)16-12-10-15(11-13-16)14-26-19-8-4-2-6-17(19)22/h2-13H,14H2,1H3,(H,23,24). The lowest BCUT2D eigenvalue weighted by Gasteiger charge is -2.11. The Morgan fingerprint density at radius 1 is 0.923 bits per heavy atom. The van der Waals surface area contributed by atoms with E-state index in [1.165, 1.54) is 0 Å². The van der Waals surface area contributed by atoms with Crippen molar-refractivity contribution in [1.82, 2.24) is 0 Å². The van der Waals surface area contributed by atoms with Gasteiger partial charge in [-0.3, -0.25) is 4.79 Å². The molecule has 132 valence electrons. The molecule has 0 aromatic heterocycles. The molecule has 4 nitrogen and oxygen atoms in total. The summed E-state index contributed by atoms with van der Waals surface area (Å²) in [5.41, 5.74) is 2.19. The number of carbonyl (C=O) groups is 1. The number of anilines is 1. The van der Waals surface area contributed by atoms with E-state index in [4.69, 9.17) is 9.47 Å². The molecule has 0 radical (unpaired) electrons. The first-order valence-corrected chi connectivity index (χ1v) is 8.87. The Labute approximate surface area is 160 Å². The molecular formula is C21H18BrNO3. The van der Waals surface area contributed by atoms with Crippen molar-refractivity contribution in [2.45, 2.75) is 6.61 Å². The highest BCUT2D eigenvalue weighted by atomic mass is 79.9. The van der Waals surface area contributed by atoms with E-state index >= 15 is 0 Å². The molecule has 0 spiro atoms. The SMILES string of the molecule is COc1ccccc1NC(=O)c1ccc(COc2ccccc2Br)cc1. The van der Waals surface area contributed by atoms with Crippen LogP contribution in [0.2, 0.25) is 0 Å². The molecule has 0 saturated carbocycles. The predicted octanol–water partition coefficient (Wildman–Crippen LogP) is 5.29. The van der Waals surface area contributed by atoms with Gasteiger partial charge in [0.25, 0.3) is 5.91 Å². The van der Waals surface area contributed by atoms with Gasteiger partial charge in [0.05, 0.1) is 17.3 Å². The van der Waals surface area contributed by atoms with Crippen LogP contribution < -0.4 is 14.8 Å². The molecule has 3 aromatic rings. The monoisotopic (exact) mass is 411 g/mol. The molecule has 0 fully saturated rings. The van der Waals surface area contributed by atoms with Gasteiger partial charge in [-0.05, 0) is 57.9 Å². The second kappa shape index (κ2) is 8.54. The number of hydrogen-bond acceptors (Lipinski definition) is 3. The molecular weight excluding hydrogens is 394 g/mol. The fourth-order valence-electron chi connectivity index (χ4n) is 2.42. The molecule has 0 bridgehead atoms. The topological polar surface area (TPSA) is 47.6 Å². The van der Waals surface area contributed by atoms with Crippen molar-refractivity contribution in [3.63, 3.8) is 0 Å². The maximum Gasteiger partial charge on any atom is 0.255 e. The summed E-state index contributed by atoms with van der Waals surface area (Å²) in [7, 11) is 1.57. The number of benzene rings is 3. The normalized spacial score (nSPS) is 10.2. The number of rotatable bonds is 6. The summed E-state index contributed by atoms with van der Waals surface area (Å²) in [5, 5.41) is 2.86. The molecule has 0 atom stereocenters. The summed E-state index contributed by atoms with van der Waals surface area (Å²) in [5.74, 6) is 1.22. The molecule has 0 heterocycles. The van der Waals surface area contributed by atoms with Crippen LogP contribution in [0.4, 0.5) is 5.69 Å². The minimum Gasteiger partial charge on any atom is -0.495 e. The molecule has 1 N–H and O–H groups in total. The highest BCUT2D eigenvalue weighted by Gasteiger charge is 2.09. The lowest BCUT2D eigenvalue weighted by molar-refractivity contribution is 0.102. The molecule has 0 saturated heterocycles. The smallest absolute Gasteiger partial charge is 0.255 e. The molecule has 3 rings (SSSR count). The largest absolute Gasteiger partial charge is 0.495 e. The highest BCUT2D eigenvalue weighted by molar-refractivity contribution is 9.10. The molecule has 5 heteroatoms. The van der Waals surface area contributed by atoms with E-state index in [-0.39, 0.29) is 5.91 Å². The number of para-hydroxylation sites is 3. The van der Waals surface area contributed by atoms with Gasteiger partial charge in [-0.1, -0.05) is 36.4 Å². The fraction of sp³-hybridized carbons (Fsp3) is 0.0952. The number of ether oxygens (including phenoxy) is 2. The third-order valence-electron chi connectivity index (χ3n) is 3.80. The summed E-state index contributed by atoms with van der Waals surface area (Å²) in [6, 6.07) is 22.3. The molecule has 26 heavy (non-hydrogen) atoms. The van der Waals surface area contributed by atoms with Crippen LogP contribution >= 0.6 is 15.9 Å². The average Bonchev–Trinajstić information content (AvgIpc) is 2.68. The Bertz CT molecular complexity index is 894. The van der Waals surface area contributed by atoms with Crippen molar-refractivity contribution in [3.8, 4) is 11.5 Å². The number of halogens is 1. The van der Waals surface area contributed by atoms with E-state index in [0.717, 1.165) is 15.8 Å². The zero-order valence-corrected chi connectivity index (χ0v) is 15.8. The van der Waals surface area contributed by atoms with Gasteiger partial charge < -0.3 is 14.8 Å². The first kappa shape index (κ1) is 18.0. The quantitative estimate of drug-likeness (QED) is 0.599. The molecule has 3 aromatic carbocycles. The van der Waals surface area contributed by atoms with Crippen LogP contribution in [0.3, 0.4) is 0 Å². The second-order valence-corrected chi connectivity index (χ2v) is 6.42. The first-order chi connectivity index (χ1) is 12.7. The number of hydrogen-bond donors (Lipinski definition) is 1. The molecule has 0 unspecified atom stereocenters. The summed E-state index contributed by atoms with van der Waals surface area (Å²) >= 11 is 3.46. The van der Waals surface area contributed by atoms with E-state index < -0.39 is 0 Å². The third-order valence-corrected chi connectivity index (χ3v) is 4.46. The van der Waals surface area contributed by atoms with Crippen molar-refractivity contribution < 1.29 is 14.3 Å². The van der Waals surface area contributed by atoms with Gasteiger partial charge in [0, 0.05) is 5.56 Å². The molecule has 0 aliphatic rings. The van der Waals surface area contributed by atoms with Gasteiger partial charge in [0.15, 0.2) is 0 Å². The predicted molar refractivity (Wildman–Crippen MR) is 106 cm³/mol. The Morgan fingerprint density at radius 3 is 2.27 bits per heavy atom. The zero-order chi connectivity index (χ0) is 18.4. The number of carbonyl (C=O) groups excluding carboxylic acids is 1. The van der Waals surface area contributed by atoms with Crippen LogP contribution in [0.25, 0.3) is 0 Å². The Balaban J connectivity index is 1.63. The number of methoxy groups -OCH3 is 1. The Hall–Kier alpha value is -2.79. The van der Waals surface area contributed by atoms with Gasteiger partial charge in [-0.2, -0.15) is 0 Å². The van der Waals surface area contributed by atoms with Crippen molar-refractivity contribution in [1.29, 1.82) is 0 Å². The maximum atomic E-state index is 12.4. The van der Waals surface area contributed by atoms with E-state index in [1.54, 1.807) is 31.4 Å². The van der Waals surface area contributed by atoms with Crippen LogP contribution in [0, 0.1) is 0 Å². The van der Waals surface area contributed by atoms with Crippen molar-refractivity contribution in [2.24, 2.45) is 0 Å². The zero-order valence-electron chi connectivity index (χ0n) is 14.2. The molecule has 1 amide bonds. The first-order valence-electron chi connectivity index (χ1n) is 8.08. The summed E-state index contributed by atoms with van der Waals surface area (Å²) in [6.45, 7) is 0.428. The average molecular weight is 412 g/mol. The van der Waals surface area contributed by atoms with Gasteiger partial charge in [-0.15, -0.1) is 0 Å². The minimum atomic E-state index is -0.187. The summed E-state index contributed by atoms with van der Waals surface area (Å²) in [6.07, 6.45) is 0.